The Kier molecular flexibility index (Phi) is 4.60. The number of rotatable bonds is 3. The SMILES string of the molecule is Cc1c(C)c(C)n(N=P(C)(C)[N-]n2c(C)c(C)c(C)c2C)c1C. The first-order chi connectivity index (χ1) is 10.5. The van der Waals surface area contributed by atoms with E-state index in [4.69, 9.17) is 10.1 Å². The van der Waals surface area contributed by atoms with E-state index in [1.165, 1.54) is 45.0 Å². The van der Waals surface area contributed by atoms with Crippen LogP contribution in [0.5, 0.6) is 0 Å². The molecule has 0 aliphatic rings. The Balaban J connectivity index is 2.52. The molecule has 0 aliphatic heterocycles. The van der Waals surface area contributed by atoms with Crippen molar-refractivity contribution >= 4 is 7.21 Å². The van der Waals surface area contributed by atoms with Gasteiger partial charge in [-0.1, -0.05) is 7.21 Å². The molecule has 2 aromatic rings. The van der Waals surface area contributed by atoms with Gasteiger partial charge >= 0.3 is 0 Å². The van der Waals surface area contributed by atoms with Crippen molar-refractivity contribution in [1.29, 1.82) is 0 Å². The number of aromatic nitrogens is 2. The molecule has 23 heavy (non-hydrogen) atoms. The van der Waals surface area contributed by atoms with Crippen LogP contribution in [0.3, 0.4) is 0 Å². The summed E-state index contributed by atoms with van der Waals surface area (Å²) < 4.78 is 4.19. The molecule has 4 nitrogen and oxygen atoms in total. The first-order valence-corrected chi connectivity index (χ1v) is 10.7. The molecule has 0 N–H and O–H groups in total. The second kappa shape index (κ2) is 5.90. The quantitative estimate of drug-likeness (QED) is 0.643. The molecule has 0 bridgehead atoms. The lowest BCUT2D eigenvalue weighted by Crippen LogP contribution is -2.00. The van der Waals surface area contributed by atoms with Gasteiger partial charge in [-0.3, -0.25) is 0 Å². The van der Waals surface area contributed by atoms with Gasteiger partial charge in [0, 0.05) is 22.8 Å². The summed E-state index contributed by atoms with van der Waals surface area (Å²) in [5.74, 6) is 0. The molecular weight excluding hydrogens is 303 g/mol. The second-order valence-electron chi connectivity index (χ2n) is 6.98. The van der Waals surface area contributed by atoms with E-state index in [0.717, 1.165) is 0 Å². The normalized spacial score (nSPS) is 11.9. The monoisotopic (exact) mass is 333 g/mol. The summed E-state index contributed by atoms with van der Waals surface area (Å²) >= 11 is 0. The van der Waals surface area contributed by atoms with Crippen LogP contribution in [0, 0.1) is 55.4 Å². The predicted octanol–water partition coefficient (Wildman–Crippen LogP) is 5.73. The van der Waals surface area contributed by atoms with E-state index in [1.807, 2.05) is 0 Å². The van der Waals surface area contributed by atoms with Gasteiger partial charge in [-0.25, -0.2) is 9.53 Å². The average molecular weight is 333 g/mol. The van der Waals surface area contributed by atoms with Crippen LogP contribution >= 0.6 is 7.21 Å². The van der Waals surface area contributed by atoms with Crippen molar-refractivity contribution in [2.45, 2.75) is 55.4 Å². The van der Waals surface area contributed by atoms with E-state index in [1.54, 1.807) is 0 Å². The topological polar surface area (TPSA) is 36.3 Å². The van der Waals surface area contributed by atoms with E-state index < -0.39 is 7.21 Å². The number of hydrogen-bond donors (Lipinski definition) is 0. The molecule has 2 aromatic heterocycles. The molecule has 128 valence electrons. The minimum atomic E-state index is -1.83. The van der Waals surface area contributed by atoms with Gasteiger partial charge in [0.05, 0.1) is 0 Å². The molecule has 2 rings (SSSR count). The van der Waals surface area contributed by atoms with Gasteiger partial charge in [0.15, 0.2) is 0 Å². The van der Waals surface area contributed by atoms with Crippen LogP contribution in [0.4, 0.5) is 0 Å². The van der Waals surface area contributed by atoms with Crippen LogP contribution in [0.2, 0.25) is 0 Å². The van der Waals surface area contributed by atoms with Gasteiger partial charge in [0.2, 0.25) is 0 Å². The van der Waals surface area contributed by atoms with Crippen LogP contribution in [0.25, 0.3) is 5.20 Å². The summed E-state index contributed by atoms with van der Waals surface area (Å²) in [6, 6.07) is 0. The molecule has 0 unspecified atom stereocenters. The fourth-order valence-corrected chi connectivity index (χ4v) is 4.40. The fourth-order valence-electron chi connectivity index (χ4n) is 2.95. The maximum absolute atomic E-state index is 5.03. The molecule has 0 atom stereocenters. The Morgan fingerprint density at radius 2 is 1.00 bits per heavy atom. The van der Waals surface area contributed by atoms with E-state index >= 15 is 0 Å². The molecule has 2 heterocycles. The third kappa shape index (κ3) is 3.01. The minimum Gasteiger partial charge on any atom is -0.577 e. The Morgan fingerprint density at radius 3 is 1.39 bits per heavy atom. The highest BCUT2D eigenvalue weighted by atomic mass is 31.2. The molecule has 0 amide bonds. The molecule has 0 radical (unpaired) electrons. The molecule has 0 aliphatic carbocycles. The lowest BCUT2D eigenvalue weighted by molar-refractivity contribution is 0.815. The summed E-state index contributed by atoms with van der Waals surface area (Å²) in [6.45, 7) is 21.5. The zero-order chi connectivity index (χ0) is 17.7. The molecule has 0 fully saturated rings. The zero-order valence-electron chi connectivity index (χ0n) is 16.2. The van der Waals surface area contributed by atoms with Gasteiger partial charge in [0.1, 0.15) is 0 Å². The summed E-state index contributed by atoms with van der Waals surface area (Å²) in [6.07, 6.45) is 0. The van der Waals surface area contributed by atoms with Gasteiger partial charge in [-0.05, 0) is 91.0 Å². The van der Waals surface area contributed by atoms with Crippen LogP contribution in [0.1, 0.15) is 45.0 Å². The summed E-state index contributed by atoms with van der Waals surface area (Å²) in [5, 5.41) is 5.03. The molecule has 0 spiro atoms. The Morgan fingerprint density at radius 1 is 0.652 bits per heavy atom. The van der Waals surface area contributed by atoms with Crippen LogP contribution < -0.4 is 0 Å². The average Bonchev–Trinajstić information content (AvgIpc) is 2.77. The highest BCUT2D eigenvalue weighted by Gasteiger charge is 2.12. The van der Waals surface area contributed by atoms with E-state index in [-0.39, 0.29) is 0 Å². The summed E-state index contributed by atoms with van der Waals surface area (Å²) in [4.78, 5) is 5.03. The maximum Gasteiger partial charge on any atom is 0.0422 e. The molecule has 5 heteroatoms. The van der Waals surface area contributed by atoms with Crippen molar-refractivity contribution < 1.29 is 0 Å². The lowest BCUT2D eigenvalue weighted by Gasteiger charge is -2.36. The fraction of sp³-hybridized carbons (Fsp3) is 0.556. The van der Waals surface area contributed by atoms with Crippen molar-refractivity contribution in [2.24, 2.45) is 4.85 Å². The van der Waals surface area contributed by atoms with Gasteiger partial charge in [-0.15, -0.1) is 0 Å². The van der Waals surface area contributed by atoms with Gasteiger partial charge in [-0.2, -0.15) is 0 Å². The van der Waals surface area contributed by atoms with Crippen molar-refractivity contribution in [2.75, 3.05) is 13.3 Å². The van der Waals surface area contributed by atoms with Crippen LogP contribution in [0.15, 0.2) is 4.85 Å². The first-order valence-electron chi connectivity index (χ1n) is 8.09. The maximum atomic E-state index is 5.03. The van der Waals surface area contributed by atoms with E-state index in [0.29, 0.717) is 0 Å². The number of nitrogens with zero attached hydrogens (tertiary/aromatic N) is 4. The first kappa shape index (κ1) is 17.9. The van der Waals surface area contributed by atoms with E-state index in [9.17, 15) is 0 Å². The third-order valence-corrected chi connectivity index (χ3v) is 6.42. The van der Waals surface area contributed by atoms with Gasteiger partial charge < -0.3 is 9.87 Å². The minimum absolute atomic E-state index is 1.22. The standard InChI is InChI=1S/C18H30N4P/c1-11-12(2)16(6)21(15(11)5)19-23(9,10)20-22-17(7)13(3)14(4)18(22)8/h1-10H3/q-1. The van der Waals surface area contributed by atoms with Crippen molar-refractivity contribution in [3.8, 4) is 0 Å². The largest absolute Gasteiger partial charge is 0.577 e. The smallest absolute Gasteiger partial charge is 0.0422 e. The van der Waals surface area contributed by atoms with E-state index in [2.05, 4.69) is 78.1 Å². The molecule has 0 aromatic carbocycles. The highest BCUT2D eigenvalue weighted by Crippen LogP contribution is 2.50. The number of hydrogen-bond acceptors (Lipinski definition) is 1. The summed E-state index contributed by atoms with van der Waals surface area (Å²) in [5.41, 5.74) is 10.2. The lowest BCUT2D eigenvalue weighted by atomic mass is 10.2. The van der Waals surface area contributed by atoms with Crippen molar-refractivity contribution in [3.05, 3.63) is 50.2 Å². The highest BCUT2D eigenvalue weighted by molar-refractivity contribution is 7.67. The molecule has 0 saturated heterocycles. The molecule has 0 saturated carbocycles. The summed E-state index contributed by atoms with van der Waals surface area (Å²) in [7, 11) is -1.83. The van der Waals surface area contributed by atoms with Crippen LogP contribution in [-0.2, 0) is 0 Å². The predicted molar refractivity (Wildman–Crippen MR) is 102 cm³/mol. The molecular formula is C18H30N4P-. The Labute approximate surface area is 141 Å². The van der Waals surface area contributed by atoms with Crippen molar-refractivity contribution in [3.63, 3.8) is 0 Å². The Bertz CT molecular complexity index is 764. The third-order valence-electron chi connectivity index (χ3n) is 5.18. The van der Waals surface area contributed by atoms with Crippen molar-refractivity contribution in [1.82, 2.24) is 9.35 Å². The van der Waals surface area contributed by atoms with Gasteiger partial charge in [0.25, 0.3) is 0 Å². The second-order valence-corrected chi connectivity index (χ2v) is 10.0. The van der Waals surface area contributed by atoms with Crippen LogP contribution in [-0.4, -0.2) is 22.7 Å². The Hall–Kier alpha value is -1.41. The zero-order valence-corrected chi connectivity index (χ0v) is 17.1.